The van der Waals surface area contributed by atoms with Gasteiger partial charge in [0.2, 0.25) is 0 Å². The van der Waals surface area contributed by atoms with Crippen molar-refractivity contribution >= 4 is 34.4 Å². The summed E-state index contributed by atoms with van der Waals surface area (Å²) >= 11 is 1.52. The van der Waals surface area contributed by atoms with E-state index in [2.05, 4.69) is 105 Å². The number of hydrogen-bond donors (Lipinski definition) is 0. The molecule has 0 N–H and O–H groups in total. The van der Waals surface area contributed by atoms with Gasteiger partial charge in [0.15, 0.2) is 0 Å². The minimum Gasteiger partial charge on any atom is -0.338 e. The highest BCUT2D eigenvalue weighted by Gasteiger charge is 2.33. The van der Waals surface area contributed by atoms with Crippen LogP contribution in [-0.4, -0.2) is 31.6 Å². The van der Waals surface area contributed by atoms with E-state index in [1.807, 2.05) is 71.0 Å². The fraction of sp³-hybridized carbons (Fsp3) is 0.275. The third-order valence-corrected chi connectivity index (χ3v) is 11.8. The van der Waals surface area contributed by atoms with E-state index >= 15 is 0 Å². The van der Waals surface area contributed by atoms with Crippen LogP contribution in [0.1, 0.15) is 84.7 Å². The molecule has 1 unspecified atom stereocenters. The Hall–Kier alpha value is -5.11. The molecule has 58 heavy (non-hydrogen) atoms. The molecule has 6 aromatic carbocycles. The lowest BCUT2D eigenvalue weighted by atomic mass is 9.80. The van der Waals surface area contributed by atoms with Crippen molar-refractivity contribution in [3.63, 3.8) is 0 Å². The van der Waals surface area contributed by atoms with Crippen LogP contribution in [0.25, 0.3) is 5.57 Å². The molecule has 300 valence electrons. The van der Waals surface area contributed by atoms with Crippen molar-refractivity contribution in [2.24, 2.45) is 4.99 Å². The number of para-hydroxylation sites is 2. The highest BCUT2D eigenvalue weighted by atomic mass is 32.2. The molecule has 0 saturated carbocycles. The topological polar surface area (TPSA) is 18.8 Å². The lowest BCUT2D eigenvalue weighted by molar-refractivity contribution is -0.137. The summed E-state index contributed by atoms with van der Waals surface area (Å²) in [7, 11) is 3.95. The summed E-state index contributed by atoms with van der Waals surface area (Å²) in [6.45, 7) is 15.1. The summed E-state index contributed by atoms with van der Waals surface area (Å²) in [5.41, 5.74) is 14.3. The Labute approximate surface area is 347 Å². The number of hydrogen-bond acceptors (Lipinski definition) is 4. The Morgan fingerprint density at radius 3 is 1.91 bits per heavy atom. The van der Waals surface area contributed by atoms with Crippen LogP contribution in [0.2, 0.25) is 0 Å². The van der Waals surface area contributed by atoms with Gasteiger partial charge in [0, 0.05) is 28.8 Å². The van der Waals surface area contributed by atoms with E-state index in [1.54, 1.807) is 6.07 Å². The maximum atomic E-state index is 13.1. The van der Waals surface area contributed by atoms with E-state index in [-0.39, 0.29) is 6.04 Å². The number of anilines is 2. The maximum absolute atomic E-state index is 13.1. The Morgan fingerprint density at radius 2 is 1.26 bits per heavy atom. The van der Waals surface area contributed by atoms with Gasteiger partial charge >= 0.3 is 6.18 Å². The zero-order valence-electron chi connectivity index (χ0n) is 35.1. The lowest BCUT2D eigenvalue weighted by Gasteiger charge is -2.36. The molecule has 1 atom stereocenters. The van der Waals surface area contributed by atoms with E-state index < -0.39 is 11.7 Å². The van der Waals surface area contributed by atoms with Gasteiger partial charge in [0.25, 0.3) is 0 Å². The summed E-state index contributed by atoms with van der Waals surface area (Å²) in [6, 6.07) is 41.1. The van der Waals surface area contributed by atoms with Gasteiger partial charge in [0.05, 0.1) is 28.0 Å². The third kappa shape index (κ3) is 8.96. The molecule has 3 aliphatic rings. The van der Waals surface area contributed by atoms with Crippen LogP contribution >= 0.6 is 11.8 Å². The van der Waals surface area contributed by atoms with E-state index in [0.29, 0.717) is 12.2 Å². The second kappa shape index (κ2) is 18.2. The van der Waals surface area contributed by atoms with Crippen LogP contribution < -0.4 is 15.5 Å². The molecule has 2 aliphatic heterocycles. The van der Waals surface area contributed by atoms with Crippen molar-refractivity contribution in [3.05, 3.63) is 182 Å². The molecular formula is C51H54F3N3S. The van der Waals surface area contributed by atoms with Crippen molar-refractivity contribution in [1.29, 1.82) is 0 Å². The zero-order chi connectivity index (χ0) is 41.7. The van der Waals surface area contributed by atoms with Crippen molar-refractivity contribution < 1.29 is 13.2 Å². The van der Waals surface area contributed by atoms with Crippen molar-refractivity contribution in [3.8, 4) is 0 Å². The fourth-order valence-corrected chi connectivity index (χ4v) is 8.69. The van der Waals surface area contributed by atoms with E-state index in [0.717, 1.165) is 45.4 Å². The molecular weight excluding hydrogens is 744 g/mol. The minimum absolute atomic E-state index is 0.198. The van der Waals surface area contributed by atoms with Gasteiger partial charge in [0.1, 0.15) is 0 Å². The second-order valence-corrected chi connectivity index (χ2v) is 15.9. The SMILES string of the molecule is CC.CC.CC(CN1c2ccccc2Sc2ccc(C(F)(F)F)cc21)N(C)C.Cc1ccc2c(c1)Cc1cc(C)ccc1C2=c1ccc2c(c1)Cc1ccccc1N=2. The van der Waals surface area contributed by atoms with Gasteiger partial charge < -0.3 is 9.80 Å². The molecule has 0 fully saturated rings. The zero-order valence-corrected chi connectivity index (χ0v) is 35.9. The summed E-state index contributed by atoms with van der Waals surface area (Å²) < 4.78 is 39.4. The van der Waals surface area contributed by atoms with Crippen LogP contribution in [0.3, 0.4) is 0 Å². The molecule has 2 heterocycles. The number of alkyl halides is 3. The van der Waals surface area contributed by atoms with Crippen molar-refractivity contribution in [2.45, 2.75) is 83.3 Å². The van der Waals surface area contributed by atoms with Gasteiger partial charge in [-0.05, 0) is 134 Å². The molecule has 7 heteroatoms. The number of halogens is 3. The molecule has 0 bridgehead atoms. The Bertz CT molecular complexity index is 2490. The van der Waals surface area contributed by atoms with Crippen LogP contribution in [-0.2, 0) is 19.0 Å². The van der Waals surface area contributed by atoms with Crippen LogP contribution in [0.15, 0.2) is 136 Å². The molecule has 0 amide bonds. The Morgan fingerprint density at radius 1 is 0.655 bits per heavy atom. The molecule has 0 radical (unpaired) electrons. The number of nitrogens with zero attached hydrogens (tertiary/aromatic N) is 3. The number of rotatable bonds is 3. The molecule has 3 nitrogen and oxygen atoms in total. The highest BCUT2D eigenvalue weighted by Crippen LogP contribution is 2.49. The van der Waals surface area contributed by atoms with E-state index in [4.69, 9.17) is 4.99 Å². The summed E-state index contributed by atoms with van der Waals surface area (Å²) in [5, 5.41) is 2.39. The maximum Gasteiger partial charge on any atom is 0.416 e. The number of benzene rings is 6. The molecule has 9 rings (SSSR count). The molecule has 6 aromatic rings. The van der Waals surface area contributed by atoms with Gasteiger partial charge in [-0.15, -0.1) is 0 Å². The summed E-state index contributed by atoms with van der Waals surface area (Å²) in [4.78, 5) is 10.9. The van der Waals surface area contributed by atoms with Gasteiger partial charge in [-0.3, -0.25) is 0 Å². The molecule has 0 saturated heterocycles. The Balaban J connectivity index is 0.000000185. The monoisotopic (exact) mass is 797 g/mol. The van der Waals surface area contributed by atoms with E-state index in [9.17, 15) is 13.2 Å². The smallest absolute Gasteiger partial charge is 0.338 e. The third-order valence-electron chi connectivity index (χ3n) is 10.7. The summed E-state index contributed by atoms with van der Waals surface area (Å²) in [5.74, 6) is 0. The lowest BCUT2D eigenvalue weighted by Crippen LogP contribution is -2.37. The van der Waals surface area contributed by atoms with Gasteiger partial charge in [-0.1, -0.05) is 123 Å². The van der Waals surface area contributed by atoms with Crippen molar-refractivity contribution in [1.82, 2.24) is 4.90 Å². The van der Waals surface area contributed by atoms with Gasteiger partial charge in [-0.25, -0.2) is 4.99 Å². The largest absolute Gasteiger partial charge is 0.416 e. The normalized spacial score (nSPS) is 13.5. The van der Waals surface area contributed by atoms with Crippen LogP contribution in [0.5, 0.6) is 0 Å². The first-order valence-electron chi connectivity index (χ1n) is 20.3. The predicted molar refractivity (Wildman–Crippen MR) is 238 cm³/mol. The van der Waals surface area contributed by atoms with Gasteiger partial charge in [-0.2, -0.15) is 13.2 Å². The Kier molecular flexibility index (Phi) is 13.3. The number of likely N-dealkylation sites (N-methyl/N-ethyl adjacent to an activating group) is 1. The average molecular weight is 798 g/mol. The first kappa shape index (κ1) is 42.5. The first-order valence-corrected chi connectivity index (χ1v) is 21.2. The number of fused-ring (bicyclic) bond motifs is 6. The van der Waals surface area contributed by atoms with Crippen LogP contribution in [0.4, 0.5) is 30.2 Å². The second-order valence-electron chi connectivity index (χ2n) is 14.8. The molecule has 0 spiro atoms. The van der Waals surface area contributed by atoms with Crippen molar-refractivity contribution in [2.75, 3.05) is 25.5 Å². The van der Waals surface area contributed by atoms with E-state index in [1.165, 1.54) is 73.1 Å². The standard InChI is InChI=1S/C29H23N.C18H19F3N2S.2C2H6/c1-18-7-10-25-22(13-18)17-23-14-19(2)8-11-26(23)29(25)21-9-12-28-24(16-21)15-20-5-3-4-6-27(20)30-28;1-12(22(2)3)11-23-14-6-4-5-7-16(14)24-17-9-8-13(10-15(17)23)18(19,20)21;2*1-2/h3-14,16H,15,17H2,1-2H3;4-10,12H,11H2,1-3H3;2*1-2H3. The average Bonchev–Trinajstić information content (AvgIpc) is 3.22. The van der Waals surface area contributed by atoms with Crippen LogP contribution in [0, 0.1) is 13.8 Å². The quantitative estimate of drug-likeness (QED) is 0.177. The number of aryl methyl sites for hydroxylation is 2. The fourth-order valence-electron chi connectivity index (χ4n) is 7.61. The minimum atomic E-state index is -4.34. The highest BCUT2D eigenvalue weighted by molar-refractivity contribution is 7.99. The predicted octanol–water partition coefficient (Wildman–Crippen LogP) is 12.6. The molecule has 0 aromatic heterocycles. The molecule has 1 aliphatic carbocycles. The summed E-state index contributed by atoms with van der Waals surface area (Å²) in [6.07, 6.45) is -2.39. The first-order chi connectivity index (χ1) is 27.9.